The van der Waals surface area contributed by atoms with Crippen molar-refractivity contribution in [2.75, 3.05) is 0 Å². The van der Waals surface area contributed by atoms with Crippen LogP contribution in [0.3, 0.4) is 0 Å². The van der Waals surface area contributed by atoms with Gasteiger partial charge < -0.3 is 4.42 Å². The Morgan fingerprint density at radius 3 is 1.78 bits per heavy atom. The van der Waals surface area contributed by atoms with Gasteiger partial charge in [0.25, 0.3) is 0 Å². The number of para-hydroxylation sites is 1. The monoisotopic (exact) mass is 521 g/mol. The fourth-order valence-corrected chi connectivity index (χ4v) is 5.06. The van der Waals surface area contributed by atoms with E-state index in [1.54, 1.807) is 0 Å². The van der Waals surface area contributed by atoms with Crippen molar-refractivity contribution >= 4 is 141 Å². The molecule has 19 heteroatoms. The zero-order valence-electron chi connectivity index (χ0n) is 22.3. The van der Waals surface area contributed by atoms with Gasteiger partial charge in [0.15, 0.2) is 0 Å². The maximum atomic E-state index is 6.19. The fraction of sp³-hybridized carbons (Fsp3) is 0. The maximum absolute atomic E-state index is 6.19. The molecule has 0 spiro atoms. The molecule has 3 nitrogen and oxygen atoms in total. The van der Waals surface area contributed by atoms with Gasteiger partial charge in [-0.15, -0.1) is 0 Å². The molecule has 0 unspecified atom stereocenters. The Kier molecular flexibility index (Phi) is 11.1. The first-order chi connectivity index (χ1) is 19.6. The maximum Gasteiger partial charge on any atom is 0.223 e. The molecule has 0 aliphatic carbocycles. The summed E-state index contributed by atoms with van der Waals surface area (Å²) in [5, 5.41) is 2.43. The van der Waals surface area contributed by atoms with Gasteiger partial charge in [-0.2, -0.15) is 0 Å². The van der Waals surface area contributed by atoms with Gasteiger partial charge in [0.05, 0.1) is 11.4 Å². The zero-order valence-corrected chi connectivity index (χ0v) is 23.1. The lowest BCUT2D eigenvalue weighted by atomic mass is 8.46. The van der Waals surface area contributed by atoms with Crippen molar-refractivity contribution < 1.29 is 4.42 Å². The van der Waals surface area contributed by atoms with E-state index in [1.807, 2.05) is 66.7 Å². The molecule has 17 radical (unpaired) electrons. The van der Waals surface area contributed by atoms with Crippen LogP contribution >= 0.6 is 11.6 Å². The largest absolute Gasteiger partial charge is 0.456 e. The smallest absolute Gasteiger partial charge is 0.223 e. The van der Waals surface area contributed by atoms with Crippen LogP contribution in [-0.4, -0.2) is 117 Å². The lowest BCUT2D eigenvalue weighted by molar-refractivity contribution is 0.669. The number of nitrogens with zero attached hydrogens (tertiary/aromatic N) is 2. The normalized spacial score (nSPS) is 10.4. The van der Waals surface area contributed by atoms with E-state index in [4.69, 9.17) is 77.9 Å². The number of hydrogen-bond acceptors (Lipinski definition) is 3. The molecule has 0 fully saturated rings. The fourth-order valence-electron chi connectivity index (χ4n) is 4.88. The predicted molar refractivity (Wildman–Crippen MR) is 192 cm³/mol. The van der Waals surface area contributed by atoms with Crippen LogP contribution in [-0.2, 0) is 0 Å². The van der Waals surface area contributed by atoms with Crippen molar-refractivity contribution in [1.29, 1.82) is 0 Å². The van der Waals surface area contributed by atoms with E-state index in [-0.39, 0.29) is 5.28 Å². The van der Waals surface area contributed by atoms with Crippen LogP contribution < -0.4 is 0 Å². The molecule has 2 aromatic heterocycles. The SMILES string of the molecule is Clc1nc(-c2ccccc2)cc(-c2ccc3c(c2)oc2ccccc23)n1.[B][B]B([B])B(B([B])[B])B(B([B])[B])B([B])[B]. The topological polar surface area (TPSA) is 38.9 Å². The molecular weight excluding hydrogens is 506 g/mol. The number of aromatic nitrogens is 2. The molecule has 0 saturated heterocycles. The second kappa shape index (κ2) is 14.3. The number of hydrogen-bond donors (Lipinski definition) is 0. The number of halogens is 1. The minimum absolute atomic E-state index is 0.228. The van der Waals surface area contributed by atoms with E-state index >= 15 is 0 Å². The average Bonchev–Trinajstić information content (AvgIpc) is 3.33. The number of furan rings is 1. The number of benzene rings is 3. The van der Waals surface area contributed by atoms with E-state index in [1.165, 1.54) is 7.06 Å². The second-order valence-corrected chi connectivity index (χ2v) is 10.1. The highest BCUT2D eigenvalue weighted by molar-refractivity contribution is 8.12. The molecule has 0 amide bonds. The van der Waals surface area contributed by atoms with Gasteiger partial charge in [0.1, 0.15) is 11.2 Å². The van der Waals surface area contributed by atoms with Crippen molar-refractivity contribution in [3.8, 4) is 22.5 Å². The van der Waals surface area contributed by atoms with E-state index in [0.717, 1.165) is 44.5 Å². The third-order valence-electron chi connectivity index (χ3n) is 6.89. The Hall–Kier alpha value is -2.20. The average molecular weight is 519 g/mol. The summed E-state index contributed by atoms with van der Waals surface area (Å²) in [7, 11) is 45.8. The van der Waals surface area contributed by atoms with E-state index < -0.39 is 38.3 Å². The van der Waals surface area contributed by atoms with Gasteiger partial charge in [0, 0.05) is 129 Å². The lowest BCUT2D eigenvalue weighted by Gasteiger charge is -2.35. The Labute approximate surface area is 260 Å². The van der Waals surface area contributed by atoms with Crippen molar-refractivity contribution in [2.45, 2.75) is 0 Å². The summed E-state index contributed by atoms with van der Waals surface area (Å²) in [6.45, 7) is 0. The lowest BCUT2D eigenvalue weighted by Crippen LogP contribution is -2.73. The summed E-state index contributed by atoms with van der Waals surface area (Å²) in [6.07, 6.45) is -3.77. The molecule has 2 heterocycles. The molecule has 0 N–H and O–H groups in total. The quantitative estimate of drug-likeness (QED) is 0.224. The molecule has 5 aromatic rings. The highest BCUT2D eigenvalue weighted by atomic mass is 35.5. The minimum Gasteiger partial charge on any atom is -0.456 e. The molecule has 3 aromatic carbocycles. The van der Waals surface area contributed by atoms with Gasteiger partial charge in [0.2, 0.25) is 5.28 Å². The summed E-state index contributed by atoms with van der Waals surface area (Å²) >= 11 is 6.19. The first-order valence-corrected chi connectivity index (χ1v) is 13.3. The van der Waals surface area contributed by atoms with Crippen molar-refractivity contribution in [1.82, 2.24) is 9.97 Å². The Morgan fingerprint density at radius 1 is 0.610 bits per heavy atom. The summed E-state index contributed by atoms with van der Waals surface area (Å²) < 4.78 is 5.98. The third kappa shape index (κ3) is 7.61. The second-order valence-electron chi connectivity index (χ2n) is 9.74. The number of fused-ring (bicyclic) bond motifs is 3. The Balaban J connectivity index is 0.000000223. The van der Waals surface area contributed by atoms with E-state index in [9.17, 15) is 0 Å². The van der Waals surface area contributed by atoms with Gasteiger partial charge in [-0.25, -0.2) is 9.97 Å². The van der Waals surface area contributed by atoms with Crippen molar-refractivity contribution in [2.24, 2.45) is 0 Å². The van der Waals surface area contributed by atoms with Crippen LogP contribution in [0.1, 0.15) is 0 Å². The first-order valence-electron chi connectivity index (χ1n) is 13.0. The van der Waals surface area contributed by atoms with Crippen molar-refractivity contribution in [3.63, 3.8) is 0 Å². The molecule has 0 bridgehead atoms. The van der Waals surface area contributed by atoms with Crippen LogP contribution in [0, 0.1) is 0 Å². The highest BCUT2D eigenvalue weighted by Gasteiger charge is 2.36. The molecule has 0 atom stereocenters. The van der Waals surface area contributed by atoms with E-state index in [2.05, 4.69) is 22.1 Å². The summed E-state index contributed by atoms with van der Waals surface area (Å²) in [4.78, 5) is 8.76. The van der Waals surface area contributed by atoms with E-state index in [0.29, 0.717) is 0 Å². The number of rotatable bonds is 8. The molecule has 0 aliphatic heterocycles. The molecule has 0 aliphatic rings. The van der Waals surface area contributed by atoms with Gasteiger partial charge >= 0.3 is 0 Å². The molecule has 41 heavy (non-hydrogen) atoms. The summed E-state index contributed by atoms with van der Waals surface area (Å²) in [5.74, 6) is 0. The summed E-state index contributed by atoms with van der Waals surface area (Å²) in [5.41, 5.74) is 5.22. The predicted octanol–water partition coefficient (Wildman–Crippen LogP) is 0.651. The van der Waals surface area contributed by atoms with Crippen molar-refractivity contribution in [3.05, 3.63) is 84.1 Å². The van der Waals surface area contributed by atoms with Gasteiger partial charge in [-0.05, 0) is 35.9 Å². The standard InChI is InChI=1S/C22H13ClN2O.B15/c23-22-24-18(14-6-2-1-3-7-14)13-19(25-22)15-10-11-17-16-8-4-5-9-20(16)26-21(17)12-15;1-9-13(8)15(12(6)7)14(10(2)3)11(4)5/h1-13H;. The van der Waals surface area contributed by atoms with Crippen LogP contribution in [0.4, 0.5) is 0 Å². The van der Waals surface area contributed by atoms with Gasteiger partial charge in [-0.1, -0.05) is 54.6 Å². The van der Waals surface area contributed by atoms with Crippen LogP contribution in [0.2, 0.25) is 5.28 Å². The minimum atomic E-state index is -0.754. The Morgan fingerprint density at radius 2 is 1.17 bits per heavy atom. The zero-order chi connectivity index (χ0) is 29.7. The molecule has 0 saturated carbocycles. The molecule has 169 valence electrons. The molecular formula is C22H13B15ClN2O. The molecule has 5 rings (SSSR count). The van der Waals surface area contributed by atoms with Gasteiger partial charge in [-0.3, -0.25) is 0 Å². The van der Waals surface area contributed by atoms with Crippen LogP contribution in [0.25, 0.3) is 44.5 Å². The van der Waals surface area contributed by atoms with Crippen LogP contribution in [0.5, 0.6) is 0 Å². The van der Waals surface area contributed by atoms with Crippen LogP contribution in [0.15, 0.2) is 83.3 Å². The highest BCUT2D eigenvalue weighted by Crippen LogP contribution is 2.32. The summed E-state index contributed by atoms with van der Waals surface area (Å²) in [6, 6.07) is 26.0. The third-order valence-corrected chi connectivity index (χ3v) is 7.06. The Bertz CT molecular complexity index is 1580. The first kappa shape index (κ1) is 31.7.